The zero-order chi connectivity index (χ0) is 13.8. The SMILES string of the molecule is CNc1ccc(C(=O)Nc2ccc(Br)c(C)n2)cn1. The van der Waals surface area contributed by atoms with E-state index in [0.717, 1.165) is 10.2 Å². The van der Waals surface area contributed by atoms with Crippen LogP contribution in [0.25, 0.3) is 0 Å². The number of rotatable bonds is 3. The van der Waals surface area contributed by atoms with Gasteiger partial charge in [0.1, 0.15) is 11.6 Å². The van der Waals surface area contributed by atoms with Gasteiger partial charge in [0.2, 0.25) is 0 Å². The number of aromatic nitrogens is 2. The van der Waals surface area contributed by atoms with Crippen LogP contribution in [-0.2, 0) is 0 Å². The Kier molecular flexibility index (Phi) is 4.11. The number of carbonyl (C=O) groups excluding carboxylic acids is 1. The Morgan fingerprint density at radius 1 is 1.21 bits per heavy atom. The second kappa shape index (κ2) is 5.79. The fraction of sp³-hybridized carbons (Fsp3) is 0.154. The second-order valence-electron chi connectivity index (χ2n) is 3.90. The molecule has 0 fully saturated rings. The number of amides is 1. The highest BCUT2D eigenvalue weighted by molar-refractivity contribution is 9.10. The Bertz CT molecular complexity index is 598. The number of carbonyl (C=O) groups is 1. The van der Waals surface area contributed by atoms with Gasteiger partial charge in [-0.15, -0.1) is 0 Å². The highest BCUT2D eigenvalue weighted by Crippen LogP contribution is 2.16. The summed E-state index contributed by atoms with van der Waals surface area (Å²) < 4.78 is 0.908. The van der Waals surface area contributed by atoms with Crippen molar-refractivity contribution in [2.45, 2.75) is 6.92 Å². The molecule has 2 aromatic heterocycles. The maximum atomic E-state index is 12.0. The van der Waals surface area contributed by atoms with E-state index in [-0.39, 0.29) is 5.91 Å². The van der Waals surface area contributed by atoms with Gasteiger partial charge in [0.05, 0.1) is 11.3 Å². The number of nitrogens with zero attached hydrogens (tertiary/aromatic N) is 2. The first kappa shape index (κ1) is 13.5. The number of anilines is 2. The smallest absolute Gasteiger partial charge is 0.258 e. The third-order valence-electron chi connectivity index (χ3n) is 2.54. The van der Waals surface area contributed by atoms with Crippen molar-refractivity contribution in [1.82, 2.24) is 9.97 Å². The van der Waals surface area contributed by atoms with Crippen molar-refractivity contribution in [2.75, 3.05) is 17.7 Å². The van der Waals surface area contributed by atoms with Crippen LogP contribution in [0.2, 0.25) is 0 Å². The molecule has 0 aromatic carbocycles. The molecule has 5 nitrogen and oxygen atoms in total. The maximum absolute atomic E-state index is 12.0. The molecule has 0 spiro atoms. The van der Waals surface area contributed by atoms with Crippen LogP contribution in [0, 0.1) is 6.92 Å². The first-order valence-corrected chi connectivity index (χ1v) is 6.48. The number of aryl methyl sites for hydroxylation is 1. The van der Waals surface area contributed by atoms with Gasteiger partial charge in [0.25, 0.3) is 5.91 Å². The zero-order valence-corrected chi connectivity index (χ0v) is 12.2. The number of hydrogen-bond acceptors (Lipinski definition) is 4. The highest BCUT2D eigenvalue weighted by Gasteiger charge is 2.08. The van der Waals surface area contributed by atoms with Crippen LogP contribution >= 0.6 is 15.9 Å². The van der Waals surface area contributed by atoms with Crippen LogP contribution in [-0.4, -0.2) is 22.9 Å². The van der Waals surface area contributed by atoms with Gasteiger partial charge in [-0.1, -0.05) is 0 Å². The molecule has 2 aromatic rings. The van der Waals surface area contributed by atoms with Gasteiger partial charge in [-0.05, 0) is 47.1 Å². The van der Waals surface area contributed by atoms with Crippen LogP contribution < -0.4 is 10.6 Å². The van der Waals surface area contributed by atoms with Crippen LogP contribution in [0.15, 0.2) is 34.9 Å². The molecule has 0 aliphatic heterocycles. The predicted octanol–water partition coefficient (Wildman–Crippen LogP) is 2.84. The van der Waals surface area contributed by atoms with Crippen molar-refractivity contribution in [2.24, 2.45) is 0 Å². The van der Waals surface area contributed by atoms with E-state index in [1.54, 1.807) is 25.2 Å². The van der Waals surface area contributed by atoms with Gasteiger partial charge in [-0.2, -0.15) is 0 Å². The fourth-order valence-corrected chi connectivity index (χ4v) is 1.70. The lowest BCUT2D eigenvalue weighted by molar-refractivity contribution is 0.102. The normalized spacial score (nSPS) is 10.1. The molecule has 1 amide bonds. The summed E-state index contributed by atoms with van der Waals surface area (Å²) in [5.41, 5.74) is 1.31. The molecular weight excluding hydrogens is 308 g/mol. The number of nitrogens with one attached hydrogen (secondary N) is 2. The third kappa shape index (κ3) is 3.29. The molecule has 0 unspecified atom stereocenters. The molecule has 6 heteroatoms. The quantitative estimate of drug-likeness (QED) is 0.912. The minimum Gasteiger partial charge on any atom is -0.373 e. The molecule has 0 saturated carbocycles. The molecular formula is C13H13BrN4O. The molecule has 2 heterocycles. The van der Waals surface area contributed by atoms with E-state index in [4.69, 9.17) is 0 Å². The number of pyridine rings is 2. The Balaban J connectivity index is 2.13. The lowest BCUT2D eigenvalue weighted by Gasteiger charge is -2.06. The largest absolute Gasteiger partial charge is 0.373 e. The third-order valence-corrected chi connectivity index (χ3v) is 3.38. The van der Waals surface area contributed by atoms with E-state index in [9.17, 15) is 4.79 Å². The average Bonchev–Trinajstić information content (AvgIpc) is 2.43. The van der Waals surface area contributed by atoms with Crippen molar-refractivity contribution in [3.8, 4) is 0 Å². The molecule has 0 aliphatic rings. The van der Waals surface area contributed by atoms with Gasteiger partial charge in [0, 0.05) is 17.7 Å². The fourth-order valence-electron chi connectivity index (χ4n) is 1.48. The average molecular weight is 321 g/mol. The molecule has 2 N–H and O–H groups in total. The molecule has 0 bridgehead atoms. The van der Waals surface area contributed by atoms with Crippen molar-refractivity contribution < 1.29 is 4.79 Å². The van der Waals surface area contributed by atoms with Crippen molar-refractivity contribution in [3.63, 3.8) is 0 Å². The second-order valence-corrected chi connectivity index (χ2v) is 4.75. The lowest BCUT2D eigenvalue weighted by atomic mass is 10.2. The summed E-state index contributed by atoms with van der Waals surface area (Å²) in [6, 6.07) is 7.04. The Morgan fingerprint density at radius 2 is 1.95 bits per heavy atom. The van der Waals surface area contributed by atoms with E-state index >= 15 is 0 Å². The summed E-state index contributed by atoms with van der Waals surface area (Å²) in [5, 5.41) is 5.63. The summed E-state index contributed by atoms with van der Waals surface area (Å²) >= 11 is 3.36. The summed E-state index contributed by atoms with van der Waals surface area (Å²) in [4.78, 5) is 20.3. The minimum atomic E-state index is -0.232. The van der Waals surface area contributed by atoms with E-state index in [1.807, 2.05) is 13.0 Å². The molecule has 19 heavy (non-hydrogen) atoms. The summed E-state index contributed by atoms with van der Waals surface area (Å²) in [7, 11) is 1.77. The topological polar surface area (TPSA) is 66.9 Å². The molecule has 0 aliphatic carbocycles. The predicted molar refractivity (Wildman–Crippen MR) is 78.4 cm³/mol. The summed E-state index contributed by atoms with van der Waals surface area (Å²) in [5.74, 6) is 1.00. The number of hydrogen-bond donors (Lipinski definition) is 2. The van der Waals surface area contributed by atoms with Crippen LogP contribution in [0.4, 0.5) is 11.6 Å². The molecule has 0 atom stereocenters. The standard InChI is InChI=1S/C13H13BrN4O/c1-8-10(14)4-6-12(17-8)18-13(19)9-3-5-11(15-2)16-7-9/h3-7H,1-2H3,(H,15,16)(H,17,18,19). The molecule has 0 saturated heterocycles. The Labute approximate surface area is 119 Å². The highest BCUT2D eigenvalue weighted by atomic mass is 79.9. The number of halogens is 1. The van der Waals surface area contributed by atoms with Gasteiger partial charge in [-0.3, -0.25) is 4.79 Å². The minimum absolute atomic E-state index is 0.232. The first-order chi connectivity index (χ1) is 9.10. The lowest BCUT2D eigenvalue weighted by Crippen LogP contribution is -2.13. The van der Waals surface area contributed by atoms with Crippen LogP contribution in [0.1, 0.15) is 16.1 Å². The van der Waals surface area contributed by atoms with Gasteiger partial charge in [-0.25, -0.2) is 9.97 Å². The monoisotopic (exact) mass is 320 g/mol. The zero-order valence-electron chi connectivity index (χ0n) is 10.6. The van der Waals surface area contributed by atoms with E-state index < -0.39 is 0 Å². The molecule has 2 rings (SSSR count). The summed E-state index contributed by atoms with van der Waals surface area (Å²) in [6.45, 7) is 1.86. The van der Waals surface area contributed by atoms with Crippen molar-refractivity contribution in [1.29, 1.82) is 0 Å². The maximum Gasteiger partial charge on any atom is 0.258 e. The van der Waals surface area contributed by atoms with E-state index in [0.29, 0.717) is 17.2 Å². The summed E-state index contributed by atoms with van der Waals surface area (Å²) in [6.07, 6.45) is 1.52. The molecule has 98 valence electrons. The van der Waals surface area contributed by atoms with Crippen molar-refractivity contribution >= 4 is 33.5 Å². The van der Waals surface area contributed by atoms with E-state index in [2.05, 4.69) is 36.5 Å². The van der Waals surface area contributed by atoms with Gasteiger partial charge < -0.3 is 10.6 Å². The van der Waals surface area contributed by atoms with Crippen LogP contribution in [0.5, 0.6) is 0 Å². The van der Waals surface area contributed by atoms with Gasteiger partial charge >= 0.3 is 0 Å². The van der Waals surface area contributed by atoms with E-state index in [1.165, 1.54) is 6.20 Å². The Hall–Kier alpha value is -1.95. The van der Waals surface area contributed by atoms with Crippen LogP contribution in [0.3, 0.4) is 0 Å². The molecule has 0 radical (unpaired) electrons. The van der Waals surface area contributed by atoms with Gasteiger partial charge in [0.15, 0.2) is 0 Å². The first-order valence-electron chi connectivity index (χ1n) is 5.68. The Morgan fingerprint density at radius 3 is 2.53 bits per heavy atom. The van der Waals surface area contributed by atoms with Crippen molar-refractivity contribution in [3.05, 3.63) is 46.2 Å².